The summed E-state index contributed by atoms with van der Waals surface area (Å²) in [5, 5.41) is 11.6. The number of sulfone groups is 1. The quantitative estimate of drug-likeness (QED) is 0.243. The van der Waals surface area contributed by atoms with E-state index in [0.717, 1.165) is 0 Å². The molecule has 1 aromatic rings. The average molecular weight is 316 g/mol. The van der Waals surface area contributed by atoms with Crippen molar-refractivity contribution in [3.8, 4) is 11.5 Å². The van der Waals surface area contributed by atoms with E-state index in [4.69, 9.17) is 20.4 Å². The Bertz CT molecular complexity index is 599. The third-order valence-corrected chi connectivity index (χ3v) is 4.62. The summed E-state index contributed by atoms with van der Waals surface area (Å²) in [6.45, 7) is 1.86. The summed E-state index contributed by atoms with van der Waals surface area (Å²) in [5.74, 6) is 1.10. The van der Waals surface area contributed by atoms with E-state index >= 15 is 0 Å². The van der Waals surface area contributed by atoms with Crippen LogP contribution in [0.15, 0.2) is 23.4 Å². The van der Waals surface area contributed by atoms with Gasteiger partial charge in [0.1, 0.15) is 21.3 Å². The molecule has 8 heteroatoms. The Balaban J connectivity index is 2.71. The minimum atomic E-state index is -2.99. The minimum absolute atomic E-state index is 0.0627. The summed E-state index contributed by atoms with van der Waals surface area (Å²) < 4.78 is 33.3. The van der Waals surface area contributed by atoms with Crippen LogP contribution in [0.1, 0.15) is 18.9 Å². The zero-order chi connectivity index (χ0) is 15.9. The highest BCUT2D eigenvalue weighted by atomic mass is 32.2. The van der Waals surface area contributed by atoms with Crippen LogP contribution in [0.5, 0.6) is 11.5 Å². The molecule has 0 aliphatic heterocycles. The van der Waals surface area contributed by atoms with Gasteiger partial charge in [-0.2, -0.15) is 0 Å². The molecule has 1 rings (SSSR count). The van der Waals surface area contributed by atoms with Crippen LogP contribution in [0.4, 0.5) is 0 Å². The van der Waals surface area contributed by atoms with Gasteiger partial charge in [-0.05, 0) is 18.6 Å². The lowest BCUT2D eigenvalue weighted by Crippen LogP contribution is -2.14. The highest BCUT2D eigenvalue weighted by molar-refractivity contribution is 7.91. The number of methoxy groups -OCH3 is 1. The Kier molecular flexibility index (Phi) is 6.29. The maximum atomic E-state index is 11.4. The number of nitrogens with zero attached hydrogens (tertiary/aromatic N) is 1. The van der Waals surface area contributed by atoms with Gasteiger partial charge >= 0.3 is 0 Å². The van der Waals surface area contributed by atoms with E-state index in [1.807, 2.05) is 0 Å². The van der Waals surface area contributed by atoms with Crippen LogP contribution in [0.2, 0.25) is 0 Å². The van der Waals surface area contributed by atoms with Gasteiger partial charge in [-0.3, -0.25) is 0 Å². The predicted octanol–water partition coefficient (Wildman–Crippen LogP) is 0.993. The van der Waals surface area contributed by atoms with Crippen molar-refractivity contribution < 1.29 is 23.1 Å². The minimum Gasteiger partial charge on any atom is -0.497 e. The van der Waals surface area contributed by atoms with Crippen LogP contribution in [-0.4, -0.2) is 44.7 Å². The molecule has 0 aromatic heterocycles. The van der Waals surface area contributed by atoms with Crippen LogP contribution in [0.3, 0.4) is 0 Å². The first kappa shape index (κ1) is 17.1. The lowest BCUT2D eigenvalue weighted by Gasteiger charge is -2.10. The Morgan fingerprint density at radius 3 is 2.57 bits per heavy atom. The maximum Gasteiger partial charge on any atom is 0.170 e. The van der Waals surface area contributed by atoms with Crippen molar-refractivity contribution in [3.05, 3.63) is 23.8 Å². The van der Waals surface area contributed by atoms with Gasteiger partial charge < -0.3 is 20.4 Å². The van der Waals surface area contributed by atoms with Crippen LogP contribution in [0.25, 0.3) is 0 Å². The van der Waals surface area contributed by atoms with E-state index < -0.39 is 9.84 Å². The molecular formula is C13H20N2O5S. The predicted molar refractivity (Wildman–Crippen MR) is 79.9 cm³/mol. The summed E-state index contributed by atoms with van der Waals surface area (Å²) >= 11 is 0. The molecule has 0 fully saturated rings. The smallest absolute Gasteiger partial charge is 0.170 e. The van der Waals surface area contributed by atoms with Crippen molar-refractivity contribution in [2.24, 2.45) is 10.9 Å². The van der Waals surface area contributed by atoms with Gasteiger partial charge in [-0.25, -0.2) is 8.42 Å². The Morgan fingerprint density at radius 2 is 2.00 bits per heavy atom. The van der Waals surface area contributed by atoms with Crippen LogP contribution < -0.4 is 15.2 Å². The van der Waals surface area contributed by atoms with Gasteiger partial charge in [0.25, 0.3) is 0 Å². The molecule has 0 spiro atoms. The first-order valence-electron chi connectivity index (χ1n) is 6.42. The topological polar surface area (TPSA) is 111 Å². The summed E-state index contributed by atoms with van der Waals surface area (Å²) in [7, 11) is -1.50. The maximum absolute atomic E-state index is 11.4. The molecule has 0 atom stereocenters. The van der Waals surface area contributed by atoms with Crippen molar-refractivity contribution in [2.75, 3.05) is 25.2 Å². The molecule has 0 heterocycles. The SMILES string of the molecule is CCS(=O)(=O)CCCOc1cc(OC)cc(/C(N)=N/O)c1. The number of ether oxygens (including phenoxy) is 2. The van der Waals surface area contributed by atoms with Crippen LogP contribution in [0, 0.1) is 0 Å². The fourth-order valence-corrected chi connectivity index (χ4v) is 2.44. The lowest BCUT2D eigenvalue weighted by molar-refractivity contribution is 0.314. The highest BCUT2D eigenvalue weighted by Crippen LogP contribution is 2.22. The summed E-state index contributed by atoms with van der Waals surface area (Å²) in [6, 6.07) is 4.83. The van der Waals surface area contributed by atoms with Crippen molar-refractivity contribution in [1.82, 2.24) is 0 Å². The number of amidine groups is 1. The molecular weight excluding hydrogens is 296 g/mol. The largest absolute Gasteiger partial charge is 0.497 e. The second kappa shape index (κ2) is 7.72. The van der Waals surface area contributed by atoms with E-state index in [-0.39, 0.29) is 23.9 Å². The molecule has 0 amide bonds. The molecule has 0 unspecified atom stereocenters. The van der Waals surface area contributed by atoms with E-state index in [0.29, 0.717) is 23.5 Å². The van der Waals surface area contributed by atoms with Crippen molar-refractivity contribution in [2.45, 2.75) is 13.3 Å². The second-order valence-electron chi connectivity index (χ2n) is 4.32. The van der Waals surface area contributed by atoms with Gasteiger partial charge in [-0.15, -0.1) is 0 Å². The van der Waals surface area contributed by atoms with Crippen molar-refractivity contribution >= 4 is 15.7 Å². The van der Waals surface area contributed by atoms with Crippen molar-refractivity contribution in [1.29, 1.82) is 0 Å². The first-order valence-corrected chi connectivity index (χ1v) is 8.24. The van der Waals surface area contributed by atoms with Crippen LogP contribution >= 0.6 is 0 Å². The highest BCUT2D eigenvalue weighted by Gasteiger charge is 2.09. The number of hydrogen-bond donors (Lipinski definition) is 2. The Hall–Kier alpha value is -1.96. The zero-order valence-electron chi connectivity index (χ0n) is 12.1. The molecule has 1 aromatic carbocycles. The van der Waals surface area contributed by atoms with Gasteiger partial charge in [0.05, 0.1) is 19.5 Å². The third kappa shape index (κ3) is 5.50. The van der Waals surface area contributed by atoms with Gasteiger partial charge in [-0.1, -0.05) is 12.1 Å². The molecule has 0 aliphatic rings. The molecule has 0 aliphatic carbocycles. The fourth-order valence-electron chi connectivity index (χ4n) is 1.59. The molecule has 3 N–H and O–H groups in total. The van der Waals surface area contributed by atoms with E-state index in [1.165, 1.54) is 7.11 Å². The van der Waals surface area contributed by atoms with Gasteiger partial charge in [0.2, 0.25) is 0 Å². The third-order valence-electron chi connectivity index (χ3n) is 2.83. The fraction of sp³-hybridized carbons (Fsp3) is 0.462. The monoisotopic (exact) mass is 316 g/mol. The van der Waals surface area contributed by atoms with E-state index in [9.17, 15) is 8.42 Å². The molecule has 0 saturated carbocycles. The van der Waals surface area contributed by atoms with E-state index in [1.54, 1.807) is 25.1 Å². The Labute approximate surface area is 124 Å². The standard InChI is InChI=1S/C13H20N2O5S/c1-3-21(17,18)6-4-5-20-12-8-10(13(14)15-16)7-11(9-12)19-2/h7-9,16H,3-6H2,1-2H3,(H2,14,15). The van der Waals surface area contributed by atoms with Gasteiger partial charge in [0.15, 0.2) is 5.84 Å². The number of benzene rings is 1. The first-order chi connectivity index (χ1) is 9.91. The lowest BCUT2D eigenvalue weighted by atomic mass is 10.2. The molecule has 7 nitrogen and oxygen atoms in total. The normalized spacial score (nSPS) is 12.2. The second-order valence-corrected chi connectivity index (χ2v) is 6.79. The number of rotatable bonds is 8. The molecule has 0 bridgehead atoms. The average Bonchev–Trinajstić information content (AvgIpc) is 2.50. The van der Waals surface area contributed by atoms with E-state index in [2.05, 4.69) is 5.16 Å². The summed E-state index contributed by atoms with van der Waals surface area (Å²) in [5.41, 5.74) is 5.98. The van der Waals surface area contributed by atoms with Crippen molar-refractivity contribution in [3.63, 3.8) is 0 Å². The molecule has 21 heavy (non-hydrogen) atoms. The van der Waals surface area contributed by atoms with Crippen LogP contribution in [-0.2, 0) is 9.84 Å². The molecule has 118 valence electrons. The number of oxime groups is 1. The number of nitrogens with two attached hydrogens (primary N) is 1. The molecule has 0 radical (unpaired) electrons. The zero-order valence-corrected chi connectivity index (χ0v) is 12.9. The Morgan fingerprint density at radius 1 is 1.33 bits per heavy atom. The number of hydrogen-bond acceptors (Lipinski definition) is 6. The van der Waals surface area contributed by atoms with Gasteiger partial charge in [0, 0.05) is 17.4 Å². The summed E-state index contributed by atoms with van der Waals surface area (Å²) in [4.78, 5) is 0. The molecule has 0 saturated heterocycles. The summed E-state index contributed by atoms with van der Waals surface area (Å²) in [6.07, 6.45) is 0.395.